The molecule has 1 aromatic rings. The van der Waals surface area contributed by atoms with E-state index in [1.165, 1.54) is 7.11 Å². The molecule has 0 unspecified atom stereocenters. The monoisotopic (exact) mass is 247 g/mol. The van der Waals surface area contributed by atoms with Crippen molar-refractivity contribution in [1.29, 1.82) is 5.26 Å². The van der Waals surface area contributed by atoms with Crippen molar-refractivity contribution >= 4 is 11.6 Å². The Balaban J connectivity index is 2.91. The Hall–Kier alpha value is -2.06. The molecule has 0 aliphatic carbocycles. The van der Waals surface area contributed by atoms with Gasteiger partial charge in [0.2, 0.25) is 5.91 Å². The van der Waals surface area contributed by atoms with Gasteiger partial charge in [0.15, 0.2) is 0 Å². The fourth-order valence-corrected chi connectivity index (χ4v) is 1.38. The summed E-state index contributed by atoms with van der Waals surface area (Å²) in [4.78, 5) is 11.8. The van der Waals surface area contributed by atoms with Crippen LogP contribution in [0.1, 0.15) is 19.4 Å². The Bertz CT molecular complexity index is 478. The molecule has 1 aromatic carbocycles. The fourth-order valence-electron chi connectivity index (χ4n) is 1.38. The minimum Gasteiger partial charge on any atom is -0.495 e. The summed E-state index contributed by atoms with van der Waals surface area (Å²) in [5, 5.41) is 11.5. The van der Waals surface area contributed by atoms with Crippen LogP contribution in [-0.2, 0) is 4.79 Å². The van der Waals surface area contributed by atoms with Crippen LogP contribution < -0.4 is 15.8 Å². The summed E-state index contributed by atoms with van der Waals surface area (Å²) in [6.45, 7) is 3.75. The Morgan fingerprint density at radius 3 is 2.67 bits per heavy atom. The summed E-state index contributed by atoms with van der Waals surface area (Å²) in [6.07, 6.45) is 0. The summed E-state index contributed by atoms with van der Waals surface area (Å²) in [6, 6.07) is 6.23. The molecule has 3 N–H and O–H groups in total. The topological polar surface area (TPSA) is 88.1 Å². The normalized spacial score (nSPS) is 11.8. The molecule has 18 heavy (non-hydrogen) atoms. The van der Waals surface area contributed by atoms with E-state index in [-0.39, 0.29) is 11.8 Å². The van der Waals surface area contributed by atoms with Crippen molar-refractivity contribution in [2.24, 2.45) is 11.7 Å². The number of hydrogen-bond donors (Lipinski definition) is 2. The van der Waals surface area contributed by atoms with Gasteiger partial charge in [-0.25, -0.2) is 0 Å². The molecule has 1 atom stereocenters. The van der Waals surface area contributed by atoms with Crippen molar-refractivity contribution in [2.45, 2.75) is 19.9 Å². The van der Waals surface area contributed by atoms with Crippen LogP contribution >= 0.6 is 0 Å². The number of methoxy groups -OCH3 is 1. The van der Waals surface area contributed by atoms with Crippen LogP contribution in [-0.4, -0.2) is 19.1 Å². The summed E-state index contributed by atoms with van der Waals surface area (Å²) in [7, 11) is 1.48. The maximum absolute atomic E-state index is 11.8. The van der Waals surface area contributed by atoms with Gasteiger partial charge in [-0.15, -0.1) is 0 Å². The molecule has 0 radical (unpaired) electrons. The third kappa shape index (κ3) is 3.22. The van der Waals surface area contributed by atoms with Crippen LogP contribution in [0.2, 0.25) is 0 Å². The number of hydrogen-bond acceptors (Lipinski definition) is 4. The molecule has 0 saturated heterocycles. The first-order valence-electron chi connectivity index (χ1n) is 5.64. The number of nitriles is 1. The molecule has 0 aromatic heterocycles. The standard InChI is InChI=1S/C13H17N3O2/c1-8(2)12(15)13(17)16-10-5-4-9(7-14)6-11(10)18-3/h4-6,8,12H,15H2,1-3H3,(H,16,17)/t12-/m1/s1. The van der Waals surface area contributed by atoms with Crippen molar-refractivity contribution in [1.82, 2.24) is 0 Å². The molecule has 0 aliphatic heterocycles. The Morgan fingerprint density at radius 1 is 1.50 bits per heavy atom. The van der Waals surface area contributed by atoms with E-state index in [1.54, 1.807) is 18.2 Å². The Kier molecular flexibility index (Phi) is 4.69. The number of benzene rings is 1. The lowest BCUT2D eigenvalue weighted by Crippen LogP contribution is -2.39. The number of nitrogens with one attached hydrogen (secondary N) is 1. The molecular formula is C13H17N3O2. The van der Waals surface area contributed by atoms with Gasteiger partial charge in [-0.2, -0.15) is 5.26 Å². The van der Waals surface area contributed by atoms with Gasteiger partial charge in [0, 0.05) is 6.07 Å². The van der Waals surface area contributed by atoms with Gasteiger partial charge in [0.25, 0.3) is 0 Å². The predicted molar refractivity (Wildman–Crippen MR) is 69.2 cm³/mol. The number of carbonyl (C=O) groups is 1. The van der Waals surface area contributed by atoms with E-state index in [4.69, 9.17) is 15.7 Å². The smallest absolute Gasteiger partial charge is 0.241 e. The van der Waals surface area contributed by atoms with Crippen molar-refractivity contribution < 1.29 is 9.53 Å². The second-order valence-corrected chi connectivity index (χ2v) is 4.29. The number of nitrogens with zero attached hydrogens (tertiary/aromatic N) is 1. The summed E-state index contributed by atoms with van der Waals surface area (Å²) in [5.74, 6) is 0.223. The van der Waals surface area contributed by atoms with Crippen LogP contribution in [0, 0.1) is 17.2 Å². The molecular weight excluding hydrogens is 230 g/mol. The molecule has 0 bridgehead atoms. The van der Waals surface area contributed by atoms with E-state index in [1.807, 2.05) is 19.9 Å². The van der Waals surface area contributed by atoms with E-state index in [9.17, 15) is 4.79 Å². The molecule has 0 fully saturated rings. The van der Waals surface area contributed by atoms with E-state index in [0.29, 0.717) is 17.0 Å². The van der Waals surface area contributed by atoms with Crippen LogP contribution in [0.5, 0.6) is 5.75 Å². The molecule has 0 saturated carbocycles. The maximum atomic E-state index is 11.8. The highest BCUT2D eigenvalue weighted by atomic mass is 16.5. The summed E-state index contributed by atoms with van der Waals surface area (Å²) < 4.78 is 5.12. The van der Waals surface area contributed by atoms with E-state index in [2.05, 4.69) is 5.32 Å². The lowest BCUT2D eigenvalue weighted by atomic mass is 10.0. The van der Waals surface area contributed by atoms with Gasteiger partial charge in [0.1, 0.15) is 5.75 Å². The van der Waals surface area contributed by atoms with Crippen molar-refractivity contribution in [2.75, 3.05) is 12.4 Å². The van der Waals surface area contributed by atoms with Gasteiger partial charge in [0.05, 0.1) is 30.5 Å². The van der Waals surface area contributed by atoms with Crippen LogP contribution in [0.4, 0.5) is 5.69 Å². The number of rotatable bonds is 4. The first-order valence-corrected chi connectivity index (χ1v) is 5.64. The number of anilines is 1. The van der Waals surface area contributed by atoms with Crippen molar-refractivity contribution in [3.8, 4) is 11.8 Å². The van der Waals surface area contributed by atoms with Crippen LogP contribution in [0.25, 0.3) is 0 Å². The molecule has 0 spiro atoms. The molecule has 5 heteroatoms. The predicted octanol–water partition coefficient (Wildman–Crippen LogP) is 1.49. The highest BCUT2D eigenvalue weighted by Gasteiger charge is 2.18. The fraction of sp³-hybridized carbons (Fsp3) is 0.385. The average Bonchev–Trinajstić information content (AvgIpc) is 2.37. The van der Waals surface area contributed by atoms with E-state index in [0.717, 1.165) is 0 Å². The first-order chi connectivity index (χ1) is 8.49. The van der Waals surface area contributed by atoms with Crippen LogP contribution in [0.15, 0.2) is 18.2 Å². The number of nitrogens with two attached hydrogens (primary N) is 1. The minimum absolute atomic E-state index is 0.0503. The number of carbonyl (C=O) groups excluding carboxylic acids is 1. The highest BCUT2D eigenvalue weighted by molar-refractivity contribution is 5.96. The molecule has 1 rings (SSSR count). The zero-order valence-corrected chi connectivity index (χ0v) is 10.7. The van der Waals surface area contributed by atoms with E-state index < -0.39 is 6.04 Å². The number of ether oxygens (including phenoxy) is 1. The summed E-state index contributed by atoms with van der Waals surface area (Å²) in [5.41, 5.74) is 6.73. The zero-order valence-electron chi connectivity index (χ0n) is 10.7. The van der Waals surface area contributed by atoms with Crippen molar-refractivity contribution in [3.63, 3.8) is 0 Å². The van der Waals surface area contributed by atoms with Gasteiger partial charge in [-0.05, 0) is 18.1 Å². The third-order valence-electron chi connectivity index (χ3n) is 2.61. The Labute approximate surface area is 107 Å². The van der Waals surface area contributed by atoms with Gasteiger partial charge < -0.3 is 15.8 Å². The lowest BCUT2D eigenvalue weighted by Gasteiger charge is -2.16. The average molecular weight is 247 g/mol. The van der Waals surface area contributed by atoms with Gasteiger partial charge in [-0.1, -0.05) is 13.8 Å². The van der Waals surface area contributed by atoms with Crippen molar-refractivity contribution in [3.05, 3.63) is 23.8 Å². The molecule has 0 heterocycles. The zero-order chi connectivity index (χ0) is 13.7. The lowest BCUT2D eigenvalue weighted by molar-refractivity contribution is -0.118. The highest BCUT2D eigenvalue weighted by Crippen LogP contribution is 2.25. The SMILES string of the molecule is COc1cc(C#N)ccc1NC(=O)[C@H](N)C(C)C. The number of amides is 1. The maximum Gasteiger partial charge on any atom is 0.241 e. The third-order valence-corrected chi connectivity index (χ3v) is 2.61. The molecule has 5 nitrogen and oxygen atoms in total. The van der Waals surface area contributed by atoms with Crippen LogP contribution in [0.3, 0.4) is 0 Å². The quantitative estimate of drug-likeness (QED) is 0.843. The molecule has 0 aliphatic rings. The molecule has 96 valence electrons. The second-order valence-electron chi connectivity index (χ2n) is 4.29. The first kappa shape index (κ1) is 14.0. The second kappa shape index (κ2) is 6.03. The van der Waals surface area contributed by atoms with Gasteiger partial charge >= 0.3 is 0 Å². The minimum atomic E-state index is -0.578. The van der Waals surface area contributed by atoms with Gasteiger partial charge in [-0.3, -0.25) is 4.79 Å². The summed E-state index contributed by atoms with van der Waals surface area (Å²) >= 11 is 0. The molecule has 1 amide bonds. The largest absolute Gasteiger partial charge is 0.495 e. The Morgan fingerprint density at radius 2 is 2.17 bits per heavy atom. The van der Waals surface area contributed by atoms with E-state index >= 15 is 0 Å².